The molecule has 0 aromatic rings. The molecular weight excluding hydrogens is 198 g/mol. The maximum Gasteiger partial charge on any atom is 0.240 e. The van der Waals surface area contributed by atoms with E-state index in [-0.39, 0.29) is 6.04 Å². The van der Waals surface area contributed by atoms with Crippen LogP contribution in [0.3, 0.4) is 0 Å². The Balaban J connectivity index is 2.74. The molecule has 0 spiro atoms. The van der Waals surface area contributed by atoms with Crippen LogP contribution in [0.1, 0.15) is 12.8 Å². The van der Waals surface area contributed by atoms with Gasteiger partial charge in [0.1, 0.15) is 5.25 Å². The molecule has 5 heteroatoms. The van der Waals surface area contributed by atoms with Crippen LogP contribution in [0.2, 0.25) is 0 Å². The quantitative estimate of drug-likeness (QED) is 0.554. The van der Waals surface area contributed by atoms with Gasteiger partial charge in [0.15, 0.2) is 0 Å². The van der Waals surface area contributed by atoms with Gasteiger partial charge in [-0.05, 0) is 19.4 Å². The lowest BCUT2D eigenvalue weighted by molar-refractivity contribution is 0.564. The summed E-state index contributed by atoms with van der Waals surface area (Å²) < 4.78 is 22.0. The maximum absolute atomic E-state index is 11.0. The number of hydrogen-bond acceptors (Lipinski definition) is 3. The molecule has 0 amide bonds. The standard InChI is InChI=1S/C7H12ClNO2S/c1-2-7(12(8,10)11)6-4-3-5-9-6/h2,6-7,9H,1,3-5H2. The summed E-state index contributed by atoms with van der Waals surface area (Å²) in [6, 6.07) is -0.0509. The lowest BCUT2D eigenvalue weighted by Crippen LogP contribution is -2.36. The Bertz CT molecular complexity index is 257. The molecule has 0 aliphatic carbocycles. The summed E-state index contributed by atoms with van der Waals surface area (Å²) in [6.07, 6.45) is 3.25. The van der Waals surface area contributed by atoms with Crippen molar-refractivity contribution >= 4 is 19.7 Å². The molecule has 3 nitrogen and oxygen atoms in total. The van der Waals surface area contributed by atoms with Crippen LogP contribution < -0.4 is 5.32 Å². The fourth-order valence-electron chi connectivity index (χ4n) is 1.47. The number of halogens is 1. The molecule has 1 aliphatic rings. The van der Waals surface area contributed by atoms with Crippen LogP contribution in [0, 0.1) is 0 Å². The SMILES string of the molecule is C=CC(C1CCCN1)S(=O)(=O)Cl. The van der Waals surface area contributed by atoms with Crippen LogP contribution in [0.4, 0.5) is 0 Å². The minimum Gasteiger partial charge on any atom is -0.312 e. The highest BCUT2D eigenvalue weighted by Gasteiger charge is 2.31. The van der Waals surface area contributed by atoms with Gasteiger partial charge in [-0.3, -0.25) is 0 Å². The fraction of sp³-hybridized carbons (Fsp3) is 0.714. The van der Waals surface area contributed by atoms with E-state index in [9.17, 15) is 8.42 Å². The molecule has 0 aromatic heterocycles. The van der Waals surface area contributed by atoms with Gasteiger partial charge in [-0.2, -0.15) is 0 Å². The first-order valence-corrected chi connectivity index (χ1v) is 6.22. The van der Waals surface area contributed by atoms with Crippen LogP contribution in [0.15, 0.2) is 12.7 Å². The monoisotopic (exact) mass is 209 g/mol. The van der Waals surface area contributed by atoms with Crippen LogP contribution in [-0.2, 0) is 9.05 Å². The van der Waals surface area contributed by atoms with E-state index in [0.29, 0.717) is 0 Å². The molecule has 0 aromatic carbocycles. The summed E-state index contributed by atoms with van der Waals surface area (Å²) >= 11 is 0. The second kappa shape index (κ2) is 3.77. The van der Waals surface area contributed by atoms with Crippen molar-refractivity contribution in [3.05, 3.63) is 12.7 Å². The van der Waals surface area contributed by atoms with E-state index in [1.54, 1.807) is 0 Å². The maximum atomic E-state index is 11.0. The van der Waals surface area contributed by atoms with Crippen molar-refractivity contribution in [2.75, 3.05) is 6.54 Å². The predicted octanol–water partition coefficient (Wildman–Crippen LogP) is 0.862. The molecule has 1 saturated heterocycles. The van der Waals surface area contributed by atoms with E-state index >= 15 is 0 Å². The third-order valence-electron chi connectivity index (χ3n) is 2.05. The molecule has 12 heavy (non-hydrogen) atoms. The molecule has 1 heterocycles. The van der Waals surface area contributed by atoms with Gasteiger partial charge < -0.3 is 5.32 Å². The molecule has 1 N–H and O–H groups in total. The van der Waals surface area contributed by atoms with Crippen molar-refractivity contribution < 1.29 is 8.42 Å². The number of nitrogens with one attached hydrogen (secondary N) is 1. The average Bonchev–Trinajstić information content (AvgIpc) is 2.38. The van der Waals surface area contributed by atoms with Gasteiger partial charge in [0.2, 0.25) is 9.05 Å². The molecule has 2 atom stereocenters. The molecular formula is C7H12ClNO2S. The van der Waals surface area contributed by atoms with E-state index in [4.69, 9.17) is 10.7 Å². The minimum atomic E-state index is -3.51. The van der Waals surface area contributed by atoms with E-state index < -0.39 is 14.3 Å². The topological polar surface area (TPSA) is 46.2 Å². The zero-order valence-corrected chi connectivity index (χ0v) is 8.24. The smallest absolute Gasteiger partial charge is 0.240 e. The normalized spacial score (nSPS) is 26.9. The zero-order chi connectivity index (χ0) is 9.19. The summed E-state index contributed by atoms with van der Waals surface area (Å²) in [5, 5.41) is 2.43. The van der Waals surface area contributed by atoms with Gasteiger partial charge in [0.05, 0.1) is 0 Å². The first kappa shape index (κ1) is 10.0. The highest BCUT2D eigenvalue weighted by Crippen LogP contribution is 2.19. The zero-order valence-electron chi connectivity index (χ0n) is 6.66. The van der Waals surface area contributed by atoms with Crippen molar-refractivity contribution in [1.29, 1.82) is 0 Å². The summed E-state index contributed by atoms with van der Waals surface area (Å²) in [7, 11) is 1.73. The van der Waals surface area contributed by atoms with Gasteiger partial charge in [0, 0.05) is 16.7 Å². The molecule has 70 valence electrons. The van der Waals surface area contributed by atoms with Gasteiger partial charge in [-0.15, -0.1) is 6.58 Å². The largest absolute Gasteiger partial charge is 0.312 e. The second-order valence-electron chi connectivity index (χ2n) is 2.88. The van der Waals surface area contributed by atoms with Gasteiger partial charge in [0.25, 0.3) is 0 Å². The molecule has 0 bridgehead atoms. The highest BCUT2D eigenvalue weighted by atomic mass is 35.7. The second-order valence-corrected chi connectivity index (χ2v) is 5.66. The lowest BCUT2D eigenvalue weighted by atomic mass is 10.1. The van der Waals surface area contributed by atoms with Gasteiger partial charge in [-0.25, -0.2) is 8.42 Å². The van der Waals surface area contributed by atoms with Crippen LogP contribution in [-0.4, -0.2) is 26.3 Å². The van der Waals surface area contributed by atoms with Crippen LogP contribution >= 0.6 is 10.7 Å². The van der Waals surface area contributed by atoms with Crippen molar-refractivity contribution in [3.63, 3.8) is 0 Å². The first-order valence-electron chi connectivity index (χ1n) is 3.85. The Kier molecular flexibility index (Phi) is 3.15. The molecule has 1 aliphatic heterocycles. The Morgan fingerprint density at radius 3 is 2.67 bits per heavy atom. The minimum absolute atomic E-state index is 0.0509. The summed E-state index contributed by atoms with van der Waals surface area (Å²) in [5.41, 5.74) is 0. The van der Waals surface area contributed by atoms with Gasteiger partial charge in [-0.1, -0.05) is 6.08 Å². The summed E-state index contributed by atoms with van der Waals surface area (Å²) in [5.74, 6) is 0. The van der Waals surface area contributed by atoms with Crippen molar-refractivity contribution in [2.45, 2.75) is 24.1 Å². The number of hydrogen-bond donors (Lipinski definition) is 1. The van der Waals surface area contributed by atoms with Crippen molar-refractivity contribution in [3.8, 4) is 0 Å². The van der Waals surface area contributed by atoms with E-state index in [1.165, 1.54) is 6.08 Å². The fourth-order valence-corrected chi connectivity index (χ4v) is 2.91. The van der Waals surface area contributed by atoms with Crippen LogP contribution in [0.5, 0.6) is 0 Å². The van der Waals surface area contributed by atoms with E-state index in [1.807, 2.05) is 0 Å². The van der Waals surface area contributed by atoms with Crippen LogP contribution in [0.25, 0.3) is 0 Å². The third-order valence-corrected chi connectivity index (χ3v) is 3.84. The van der Waals surface area contributed by atoms with E-state index in [2.05, 4.69) is 11.9 Å². The third kappa shape index (κ3) is 2.21. The lowest BCUT2D eigenvalue weighted by Gasteiger charge is -2.16. The van der Waals surface area contributed by atoms with Crippen molar-refractivity contribution in [1.82, 2.24) is 5.32 Å². The van der Waals surface area contributed by atoms with E-state index in [0.717, 1.165) is 19.4 Å². The molecule has 0 radical (unpaired) electrons. The predicted molar refractivity (Wildman–Crippen MR) is 49.8 cm³/mol. The molecule has 1 fully saturated rings. The Hall–Kier alpha value is -0.0600. The molecule has 0 saturated carbocycles. The van der Waals surface area contributed by atoms with Crippen molar-refractivity contribution in [2.24, 2.45) is 0 Å². The first-order chi connectivity index (χ1) is 5.55. The molecule has 1 rings (SSSR count). The Labute approximate surface area is 77.2 Å². The summed E-state index contributed by atoms with van der Waals surface area (Å²) in [6.45, 7) is 4.33. The Morgan fingerprint density at radius 2 is 2.33 bits per heavy atom. The Morgan fingerprint density at radius 1 is 1.67 bits per heavy atom. The highest BCUT2D eigenvalue weighted by molar-refractivity contribution is 8.14. The average molecular weight is 210 g/mol. The summed E-state index contributed by atoms with van der Waals surface area (Å²) in [4.78, 5) is 0. The molecule has 2 unspecified atom stereocenters. The van der Waals surface area contributed by atoms with Gasteiger partial charge >= 0.3 is 0 Å². The number of rotatable bonds is 3.